The lowest BCUT2D eigenvalue weighted by Crippen LogP contribution is -2.47. The van der Waals surface area contributed by atoms with E-state index in [1.165, 1.54) is 49.3 Å². The molecule has 0 spiro atoms. The van der Waals surface area contributed by atoms with Gasteiger partial charge in [0, 0.05) is 30.2 Å². The first kappa shape index (κ1) is 11.0. The topological polar surface area (TPSA) is 28.2 Å². The molecule has 0 saturated carbocycles. The number of nitrogens with zero attached hydrogens (tertiary/aromatic N) is 2. The van der Waals surface area contributed by atoms with Crippen molar-refractivity contribution >= 4 is 5.69 Å². The minimum absolute atomic E-state index is 0.757. The van der Waals surface area contributed by atoms with Crippen molar-refractivity contribution in [3.05, 3.63) is 23.0 Å². The molecule has 3 rings (SSSR count). The van der Waals surface area contributed by atoms with Gasteiger partial charge in [0.05, 0.1) is 0 Å². The third kappa shape index (κ3) is 1.93. The number of hydrogen-bond donors (Lipinski definition) is 1. The lowest BCUT2D eigenvalue weighted by atomic mass is 9.88. The van der Waals surface area contributed by atoms with Crippen LogP contribution in [0.4, 0.5) is 5.69 Å². The molecule has 0 amide bonds. The fourth-order valence-corrected chi connectivity index (χ4v) is 3.08. The maximum atomic E-state index is 4.70. The smallest absolute Gasteiger partial charge is 0.0460 e. The van der Waals surface area contributed by atoms with Crippen molar-refractivity contribution in [1.29, 1.82) is 0 Å². The summed E-state index contributed by atoms with van der Waals surface area (Å²) in [6, 6.07) is 2.94. The zero-order valence-corrected chi connectivity index (χ0v) is 10.8. The van der Waals surface area contributed by atoms with Crippen LogP contribution in [0.5, 0.6) is 0 Å². The highest BCUT2D eigenvalue weighted by Crippen LogP contribution is 2.31. The van der Waals surface area contributed by atoms with Gasteiger partial charge in [-0.1, -0.05) is 0 Å². The predicted octanol–water partition coefficient (Wildman–Crippen LogP) is 1.99. The SMILES string of the molecule is CNc1cc(C)nc2c1CC(N1CCC1)CC2. The molecule has 1 atom stereocenters. The van der Waals surface area contributed by atoms with Gasteiger partial charge in [0.2, 0.25) is 0 Å². The Kier molecular flexibility index (Phi) is 2.79. The van der Waals surface area contributed by atoms with Crippen molar-refractivity contribution in [2.45, 2.75) is 38.6 Å². The zero-order chi connectivity index (χ0) is 11.8. The molecule has 2 aliphatic rings. The van der Waals surface area contributed by atoms with Crippen LogP contribution in [0.15, 0.2) is 6.07 Å². The van der Waals surface area contributed by atoms with Crippen molar-refractivity contribution in [2.24, 2.45) is 0 Å². The van der Waals surface area contributed by atoms with Gasteiger partial charge >= 0.3 is 0 Å². The summed E-state index contributed by atoms with van der Waals surface area (Å²) in [4.78, 5) is 7.33. The van der Waals surface area contributed by atoms with E-state index >= 15 is 0 Å². The maximum absolute atomic E-state index is 4.70. The van der Waals surface area contributed by atoms with Crippen molar-refractivity contribution in [1.82, 2.24) is 9.88 Å². The molecule has 1 aliphatic carbocycles. The Morgan fingerprint density at radius 3 is 2.88 bits per heavy atom. The molecule has 1 saturated heterocycles. The van der Waals surface area contributed by atoms with E-state index in [9.17, 15) is 0 Å². The van der Waals surface area contributed by atoms with Gasteiger partial charge in [-0.05, 0) is 57.3 Å². The number of likely N-dealkylation sites (tertiary alicyclic amines) is 1. The fourth-order valence-electron chi connectivity index (χ4n) is 3.08. The van der Waals surface area contributed by atoms with Gasteiger partial charge in [-0.3, -0.25) is 9.88 Å². The Balaban J connectivity index is 1.89. The third-order valence-corrected chi connectivity index (χ3v) is 4.17. The van der Waals surface area contributed by atoms with Crippen LogP contribution in [-0.4, -0.2) is 36.1 Å². The van der Waals surface area contributed by atoms with Crippen LogP contribution in [0.3, 0.4) is 0 Å². The van der Waals surface area contributed by atoms with Gasteiger partial charge in [0.1, 0.15) is 0 Å². The highest BCUT2D eigenvalue weighted by Gasteiger charge is 2.29. The summed E-state index contributed by atoms with van der Waals surface area (Å²) in [5.41, 5.74) is 5.21. The van der Waals surface area contributed by atoms with Gasteiger partial charge < -0.3 is 5.32 Å². The zero-order valence-electron chi connectivity index (χ0n) is 10.8. The number of aromatic nitrogens is 1. The number of fused-ring (bicyclic) bond motifs is 1. The van der Waals surface area contributed by atoms with E-state index in [2.05, 4.69) is 23.2 Å². The summed E-state index contributed by atoms with van der Waals surface area (Å²) in [6.45, 7) is 4.69. The normalized spacial score (nSPS) is 24.0. The number of rotatable bonds is 2. The molecule has 0 aromatic carbocycles. The number of pyridine rings is 1. The van der Waals surface area contributed by atoms with Crippen molar-refractivity contribution < 1.29 is 0 Å². The first-order valence-corrected chi connectivity index (χ1v) is 6.69. The lowest BCUT2D eigenvalue weighted by Gasteiger charge is -2.41. The van der Waals surface area contributed by atoms with Crippen molar-refractivity contribution in [2.75, 3.05) is 25.5 Å². The monoisotopic (exact) mass is 231 g/mol. The van der Waals surface area contributed by atoms with E-state index in [0.717, 1.165) is 18.2 Å². The van der Waals surface area contributed by atoms with E-state index in [-0.39, 0.29) is 0 Å². The Morgan fingerprint density at radius 2 is 2.24 bits per heavy atom. The quantitative estimate of drug-likeness (QED) is 0.843. The first-order chi connectivity index (χ1) is 8.28. The largest absolute Gasteiger partial charge is 0.388 e. The van der Waals surface area contributed by atoms with Gasteiger partial charge in [0.15, 0.2) is 0 Å². The molecule has 17 heavy (non-hydrogen) atoms. The summed E-state index contributed by atoms with van der Waals surface area (Å²) in [5.74, 6) is 0. The van der Waals surface area contributed by atoms with Crippen molar-refractivity contribution in [3.63, 3.8) is 0 Å². The molecule has 1 fully saturated rings. The summed E-state index contributed by atoms with van der Waals surface area (Å²) >= 11 is 0. The van der Waals surface area contributed by atoms with Gasteiger partial charge in [0.25, 0.3) is 0 Å². The second kappa shape index (κ2) is 4.30. The van der Waals surface area contributed by atoms with Crippen LogP contribution in [-0.2, 0) is 12.8 Å². The van der Waals surface area contributed by atoms with Gasteiger partial charge in [-0.2, -0.15) is 0 Å². The molecular weight excluding hydrogens is 210 g/mol. The Labute approximate surface area is 103 Å². The molecule has 3 nitrogen and oxygen atoms in total. The van der Waals surface area contributed by atoms with E-state index < -0.39 is 0 Å². The Bertz CT molecular complexity index is 406. The summed E-state index contributed by atoms with van der Waals surface area (Å²) < 4.78 is 0. The standard InChI is InChI=1S/C14H21N3/c1-10-8-14(15-2)12-9-11(17-6-3-7-17)4-5-13(12)16-10/h8,11H,3-7,9H2,1-2H3,(H,15,16). The molecule has 0 radical (unpaired) electrons. The third-order valence-electron chi connectivity index (χ3n) is 4.17. The van der Waals surface area contributed by atoms with Crippen LogP contribution >= 0.6 is 0 Å². The van der Waals surface area contributed by atoms with E-state index in [1.807, 2.05) is 7.05 Å². The fraction of sp³-hybridized carbons (Fsp3) is 0.643. The number of hydrogen-bond acceptors (Lipinski definition) is 3. The van der Waals surface area contributed by atoms with E-state index in [0.29, 0.717) is 0 Å². The second-order valence-corrected chi connectivity index (χ2v) is 5.27. The first-order valence-electron chi connectivity index (χ1n) is 6.69. The average molecular weight is 231 g/mol. The highest BCUT2D eigenvalue weighted by atomic mass is 15.2. The van der Waals surface area contributed by atoms with Crippen LogP contribution in [0.1, 0.15) is 29.8 Å². The molecule has 1 aliphatic heterocycles. The lowest BCUT2D eigenvalue weighted by molar-refractivity contribution is 0.107. The minimum Gasteiger partial charge on any atom is -0.388 e. The van der Waals surface area contributed by atoms with Gasteiger partial charge in [-0.25, -0.2) is 0 Å². The van der Waals surface area contributed by atoms with Crippen molar-refractivity contribution in [3.8, 4) is 0 Å². The molecule has 1 aromatic rings. The van der Waals surface area contributed by atoms with E-state index in [1.54, 1.807) is 0 Å². The molecule has 1 N–H and O–H groups in total. The summed E-state index contributed by atoms with van der Waals surface area (Å²) in [6.07, 6.45) is 4.99. The Hall–Kier alpha value is -1.09. The summed E-state index contributed by atoms with van der Waals surface area (Å²) in [7, 11) is 2.02. The van der Waals surface area contributed by atoms with Crippen LogP contribution < -0.4 is 5.32 Å². The molecule has 3 heteroatoms. The minimum atomic E-state index is 0.757. The second-order valence-electron chi connectivity index (χ2n) is 5.27. The molecule has 92 valence electrons. The number of anilines is 1. The maximum Gasteiger partial charge on any atom is 0.0460 e. The Morgan fingerprint density at radius 1 is 1.41 bits per heavy atom. The molecule has 2 heterocycles. The molecular formula is C14H21N3. The van der Waals surface area contributed by atoms with E-state index in [4.69, 9.17) is 4.98 Å². The number of aryl methyl sites for hydroxylation is 2. The van der Waals surface area contributed by atoms with Crippen LogP contribution in [0.25, 0.3) is 0 Å². The van der Waals surface area contributed by atoms with Gasteiger partial charge in [-0.15, -0.1) is 0 Å². The summed E-state index contributed by atoms with van der Waals surface area (Å²) in [5, 5.41) is 3.33. The van der Waals surface area contributed by atoms with Crippen LogP contribution in [0, 0.1) is 6.92 Å². The molecule has 1 aromatic heterocycles. The highest BCUT2D eigenvalue weighted by molar-refractivity contribution is 5.54. The molecule has 1 unspecified atom stereocenters. The average Bonchev–Trinajstić information content (AvgIpc) is 2.26. The predicted molar refractivity (Wildman–Crippen MR) is 70.5 cm³/mol. The number of nitrogens with one attached hydrogen (secondary N) is 1. The molecule has 0 bridgehead atoms. The van der Waals surface area contributed by atoms with Crippen LogP contribution in [0.2, 0.25) is 0 Å².